The minimum absolute atomic E-state index is 0.203. The number of aromatic amines is 1. The van der Waals surface area contributed by atoms with Crippen LogP contribution in [0.15, 0.2) is 39.6 Å². The van der Waals surface area contributed by atoms with E-state index in [9.17, 15) is 4.79 Å². The molecule has 0 saturated carbocycles. The van der Waals surface area contributed by atoms with Crippen LogP contribution in [0.5, 0.6) is 0 Å². The molecule has 1 atom stereocenters. The van der Waals surface area contributed by atoms with Crippen LogP contribution in [0.25, 0.3) is 11.3 Å². The van der Waals surface area contributed by atoms with Crippen LogP contribution in [0.4, 0.5) is 0 Å². The molecule has 5 heteroatoms. The summed E-state index contributed by atoms with van der Waals surface area (Å²) < 4.78 is 5.94. The van der Waals surface area contributed by atoms with Crippen molar-refractivity contribution < 1.29 is 4.74 Å². The lowest BCUT2D eigenvalue weighted by molar-refractivity contribution is -0.00911. The molecular formula is C15H17BrN2O2. The van der Waals surface area contributed by atoms with Gasteiger partial charge in [-0.2, -0.15) is 0 Å². The predicted molar refractivity (Wildman–Crippen MR) is 82.6 cm³/mol. The quantitative estimate of drug-likeness (QED) is 0.929. The van der Waals surface area contributed by atoms with Crippen molar-refractivity contribution in [3.05, 3.63) is 51.0 Å². The molecule has 1 aromatic heterocycles. The van der Waals surface area contributed by atoms with Gasteiger partial charge in [0.1, 0.15) is 15.9 Å². The highest BCUT2D eigenvalue weighted by molar-refractivity contribution is 9.10. The molecule has 1 aromatic carbocycles. The molecule has 1 heterocycles. The molecule has 0 fully saturated rings. The topological polar surface area (TPSA) is 55.0 Å². The summed E-state index contributed by atoms with van der Waals surface area (Å²) in [6.07, 6.45) is 0.711. The summed E-state index contributed by atoms with van der Waals surface area (Å²) in [5.41, 5.74) is 0.705. The molecule has 2 rings (SSSR count). The minimum Gasteiger partial charge on any atom is -0.371 e. The van der Waals surface area contributed by atoms with E-state index >= 15 is 0 Å². The van der Waals surface area contributed by atoms with Crippen molar-refractivity contribution in [2.75, 3.05) is 7.11 Å². The van der Waals surface area contributed by atoms with Gasteiger partial charge >= 0.3 is 0 Å². The van der Waals surface area contributed by atoms with E-state index in [2.05, 4.69) is 25.9 Å². The van der Waals surface area contributed by atoms with Crippen molar-refractivity contribution >= 4 is 15.9 Å². The van der Waals surface area contributed by atoms with Crippen LogP contribution in [0.2, 0.25) is 0 Å². The normalized spacial score (nSPS) is 14.0. The highest BCUT2D eigenvalue weighted by Crippen LogP contribution is 2.29. The summed E-state index contributed by atoms with van der Waals surface area (Å²) in [7, 11) is 1.62. The Balaban J connectivity index is 2.66. The average Bonchev–Trinajstić information content (AvgIpc) is 2.50. The van der Waals surface area contributed by atoms with Crippen LogP contribution >= 0.6 is 15.9 Å². The Morgan fingerprint density at radius 3 is 2.55 bits per heavy atom. The second kappa shape index (κ2) is 5.89. The van der Waals surface area contributed by atoms with Crippen LogP contribution in [0, 0.1) is 0 Å². The average molecular weight is 337 g/mol. The van der Waals surface area contributed by atoms with Crippen LogP contribution in [0.3, 0.4) is 0 Å². The van der Waals surface area contributed by atoms with E-state index in [0.717, 1.165) is 5.56 Å². The van der Waals surface area contributed by atoms with Gasteiger partial charge in [0.2, 0.25) is 0 Å². The maximum atomic E-state index is 12.1. The molecule has 0 saturated heterocycles. The molecule has 1 N–H and O–H groups in total. The zero-order chi connectivity index (χ0) is 14.8. The van der Waals surface area contributed by atoms with E-state index < -0.39 is 5.60 Å². The van der Waals surface area contributed by atoms with Gasteiger partial charge in [0.05, 0.1) is 5.69 Å². The number of nitrogens with one attached hydrogen (secondary N) is 1. The van der Waals surface area contributed by atoms with Gasteiger partial charge in [0, 0.05) is 12.7 Å². The van der Waals surface area contributed by atoms with Crippen LogP contribution < -0.4 is 5.56 Å². The van der Waals surface area contributed by atoms with Gasteiger partial charge < -0.3 is 9.72 Å². The van der Waals surface area contributed by atoms with Gasteiger partial charge in [-0.25, -0.2) is 4.98 Å². The molecule has 1 unspecified atom stereocenters. The third-order valence-corrected chi connectivity index (χ3v) is 4.27. The zero-order valence-corrected chi connectivity index (χ0v) is 13.3. The molecule has 0 aliphatic rings. The lowest BCUT2D eigenvalue weighted by atomic mass is 10.0. The number of halogens is 1. The molecule has 0 spiro atoms. The summed E-state index contributed by atoms with van der Waals surface area (Å²) in [6.45, 7) is 3.90. The molecule has 0 aliphatic carbocycles. The van der Waals surface area contributed by atoms with Gasteiger partial charge in [-0.15, -0.1) is 0 Å². The standard InChI is InChI=1S/C15H17BrN2O2/c1-4-15(2,20-3)14-17-12(11(16)13(19)18-14)10-8-6-5-7-9-10/h5-9H,4H2,1-3H3,(H,17,18,19). The molecule has 106 valence electrons. The number of benzene rings is 1. The Labute approximate surface area is 126 Å². The monoisotopic (exact) mass is 336 g/mol. The Morgan fingerprint density at radius 2 is 2.00 bits per heavy atom. The summed E-state index contributed by atoms with van der Waals surface area (Å²) in [5, 5.41) is 0. The first-order valence-electron chi connectivity index (χ1n) is 6.42. The smallest absolute Gasteiger partial charge is 0.265 e. The van der Waals surface area contributed by atoms with Crippen LogP contribution in [0.1, 0.15) is 26.1 Å². The number of nitrogens with zero attached hydrogens (tertiary/aromatic N) is 1. The third kappa shape index (κ3) is 2.69. The first-order chi connectivity index (χ1) is 9.51. The van der Waals surface area contributed by atoms with Crippen molar-refractivity contribution in [2.24, 2.45) is 0 Å². The van der Waals surface area contributed by atoms with Crippen molar-refractivity contribution in [1.82, 2.24) is 9.97 Å². The second-order valence-corrected chi connectivity index (χ2v) is 5.52. The lowest BCUT2D eigenvalue weighted by Gasteiger charge is -2.25. The number of ether oxygens (including phenoxy) is 1. The number of hydrogen-bond donors (Lipinski definition) is 1. The second-order valence-electron chi connectivity index (χ2n) is 4.73. The number of aromatic nitrogens is 2. The molecule has 0 aliphatic heterocycles. The van der Waals surface area contributed by atoms with Crippen molar-refractivity contribution in [2.45, 2.75) is 25.9 Å². The van der Waals surface area contributed by atoms with E-state index in [1.807, 2.05) is 44.2 Å². The highest BCUT2D eigenvalue weighted by Gasteiger charge is 2.28. The number of H-pyrrole nitrogens is 1. The Bertz CT molecular complexity index is 649. The summed E-state index contributed by atoms with van der Waals surface area (Å²) >= 11 is 3.31. The molecule has 0 amide bonds. The summed E-state index contributed by atoms with van der Waals surface area (Å²) in [6, 6.07) is 9.61. The van der Waals surface area contributed by atoms with Crippen LogP contribution in [-0.2, 0) is 10.3 Å². The van der Waals surface area contributed by atoms with Gasteiger partial charge in [0.15, 0.2) is 0 Å². The molecule has 20 heavy (non-hydrogen) atoms. The minimum atomic E-state index is -0.608. The first-order valence-corrected chi connectivity index (χ1v) is 7.22. The highest BCUT2D eigenvalue weighted by atomic mass is 79.9. The van der Waals surface area contributed by atoms with Gasteiger partial charge in [-0.3, -0.25) is 4.79 Å². The predicted octanol–water partition coefficient (Wildman–Crippen LogP) is 3.47. The van der Waals surface area contributed by atoms with Gasteiger partial charge in [0.25, 0.3) is 5.56 Å². The SMILES string of the molecule is CCC(C)(OC)c1nc(-c2ccccc2)c(Br)c(=O)[nH]1. The molecular weight excluding hydrogens is 320 g/mol. The van der Waals surface area contributed by atoms with Gasteiger partial charge in [-0.1, -0.05) is 37.3 Å². The molecule has 0 bridgehead atoms. The Kier molecular flexibility index (Phi) is 4.40. The molecule has 2 aromatic rings. The van der Waals surface area contributed by atoms with E-state index in [1.54, 1.807) is 7.11 Å². The van der Waals surface area contributed by atoms with Crippen molar-refractivity contribution in [1.29, 1.82) is 0 Å². The number of rotatable bonds is 4. The van der Waals surface area contributed by atoms with Crippen LogP contribution in [-0.4, -0.2) is 17.1 Å². The summed E-state index contributed by atoms with van der Waals surface area (Å²) in [5.74, 6) is 0.537. The van der Waals surface area contributed by atoms with Crippen molar-refractivity contribution in [3.63, 3.8) is 0 Å². The maximum absolute atomic E-state index is 12.1. The number of methoxy groups -OCH3 is 1. The Hall–Kier alpha value is -1.46. The van der Waals surface area contributed by atoms with E-state index in [4.69, 9.17) is 4.74 Å². The fourth-order valence-electron chi connectivity index (χ4n) is 1.90. The first kappa shape index (κ1) is 14.9. The Morgan fingerprint density at radius 1 is 1.35 bits per heavy atom. The summed E-state index contributed by atoms with van der Waals surface area (Å²) in [4.78, 5) is 19.5. The fraction of sp³-hybridized carbons (Fsp3) is 0.333. The zero-order valence-electron chi connectivity index (χ0n) is 11.7. The maximum Gasteiger partial charge on any atom is 0.265 e. The van der Waals surface area contributed by atoms with E-state index in [-0.39, 0.29) is 5.56 Å². The van der Waals surface area contributed by atoms with E-state index in [0.29, 0.717) is 22.4 Å². The largest absolute Gasteiger partial charge is 0.371 e. The third-order valence-electron chi connectivity index (χ3n) is 3.54. The van der Waals surface area contributed by atoms with Crippen molar-refractivity contribution in [3.8, 4) is 11.3 Å². The molecule has 0 radical (unpaired) electrons. The fourth-order valence-corrected chi connectivity index (χ4v) is 2.32. The number of hydrogen-bond acceptors (Lipinski definition) is 3. The lowest BCUT2D eigenvalue weighted by Crippen LogP contribution is -2.30. The van der Waals surface area contributed by atoms with Gasteiger partial charge in [-0.05, 0) is 29.3 Å². The van der Waals surface area contributed by atoms with E-state index in [1.165, 1.54) is 0 Å². The molecule has 4 nitrogen and oxygen atoms in total.